The summed E-state index contributed by atoms with van der Waals surface area (Å²) < 4.78 is 0. The first-order valence-corrected chi connectivity index (χ1v) is 8.92. The van der Waals surface area contributed by atoms with Crippen molar-refractivity contribution in [3.8, 4) is 0 Å². The Kier molecular flexibility index (Phi) is 4.71. The fourth-order valence-corrected chi connectivity index (χ4v) is 4.65. The summed E-state index contributed by atoms with van der Waals surface area (Å²) in [5, 5.41) is 3.19. The fraction of sp³-hybridized carbons (Fsp3) is 0.882. The average molecular weight is 307 g/mol. The molecule has 1 saturated heterocycles. The Morgan fingerprint density at radius 1 is 1.18 bits per heavy atom. The first-order valence-electron chi connectivity index (χ1n) is 8.92. The molecule has 0 radical (unpaired) electrons. The summed E-state index contributed by atoms with van der Waals surface area (Å²) in [6.45, 7) is 3.34. The predicted molar refractivity (Wildman–Crippen MR) is 84.9 cm³/mol. The van der Waals surface area contributed by atoms with Crippen LogP contribution in [0.5, 0.6) is 0 Å². The van der Waals surface area contributed by atoms with E-state index in [1.807, 2.05) is 11.8 Å². The largest absolute Gasteiger partial charge is 0.351 e. The Hall–Kier alpha value is -1.10. The minimum absolute atomic E-state index is 0.131. The Balaban J connectivity index is 1.52. The minimum Gasteiger partial charge on any atom is -0.351 e. The molecule has 5 heteroatoms. The molecule has 0 spiro atoms. The molecule has 2 bridgehead atoms. The van der Waals surface area contributed by atoms with Gasteiger partial charge in [-0.25, -0.2) is 0 Å². The molecule has 124 valence electrons. The Bertz CT molecular complexity index is 426. The van der Waals surface area contributed by atoms with E-state index in [-0.39, 0.29) is 23.8 Å². The third kappa shape index (κ3) is 3.14. The van der Waals surface area contributed by atoms with E-state index in [4.69, 9.17) is 5.73 Å². The second kappa shape index (κ2) is 6.57. The van der Waals surface area contributed by atoms with Crippen LogP contribution >= 0.6 is 0 Å². The summed E-state index contributed by atoms with van der Waals surface area (Å²) in [7, 11) is 0. The molecule has 3 atom stereocenters. The van der Waals surface area contributed by atoms with E-state index in [0.717, 1.165) is 25.8 Å². The van der Waals surface area contributed by atoms with E-state index < -0.39 is 0 Å². The summed E-state index contributed by atoms with van der Waals surface area (Å²) in [4.78, 5) is 26.2. The Morgan fingerprint density at radius 2 is 1.86 bits per heavy atom. The lowest BCUT2D eigenvalue weighted by molar-refractivity contribution is -0.131. The van der Waals surface area contributed by atoms with Crippen LogP contribution in [0.1, 0.15) is 51.9 Å². The molecule has 2 amide bonds. The highest BCUT2D eigenvalue weighted by Gasteiger charge is 2.41. The van der Waals surface area contributed by atoms with Crippen LogP contribution in [-0.2, 0) is 9.59 Å². The van der Waals surface area contributed by atoms with E-state index in [2.05, 4.69) is 5.32 Å². The maximum Gasteiger partial charge on any atom is 0.223 e. The summed E-state index contributed by atoms with van der Waals surface area (Å²) in [6.07, 6.45) is 6.98. The van der Waals surface area contributed by atoms with Crippen molar-refractivity contribution in [3.05, 3.63) is 0 Å². The van der Waals surface area contributed by atoms with E-state index >= 15 is 0 Å². The third-order valence-electron chi connectivity index (χ3n) is 5.97. The molecule has 2 saturated carbocycles. The molecule has 2 aliphatic carbocycles. The summed E-state index contributed by atoms with van der Waals surface area (Å²) in [5.41, 5.74) is 6.30. The predicted octanol–water partition coefficient (Wildman–Crippen LogP) is 1.27. The third-order valence-corrected chi connectivity index (χ3v) is 5.97. The lowest BCUT2D eigenvalue weighted by Gasteiger charge is -2.43. The van der Waals surface area contributed by atoms with E-state index in [1.54, 1.807) is 0 Å². The van der Waals surface area contributed by atoms with Crippen molar-refractivity contribution in [2.24, 2.45) is 23.5 Å². The van der Waals surface area contributed by atoms with Gasteiger partial charge in [0.15, 0.2) is 0 Å². The minimum atomic E-state index is 0.131. The van der Waals surface area contributed by atoms with Gasteiger partial charge in [0, 0.05) is 37.5 Å². The SMILES string of the molecule is CCC(=O)N1CCC(NC(=O)C2CC3CCCC(C2)C3N)C1. The number of nitrogens with one attached hydrogen (secondary N) is 1. The van der Waals surface area contributed by atoms with Gasteiger partial charge in [0.05, 0.1) is 0 Å². The smallest absolute Gasteiger partial charge is 0.223 e. The van der Waals surface area contributed by atoms with Gasteiger partial charge in [0.1, 0.15) is 0 Å². The molecule has 0 aromatic heterocycles. The van der Waals surface area contributed by atoms with Gasteiger partial charge < -0.3 is 16.0 Å². The molecule has 22 heavy (non-hydrogen) atoms. The highest BCUT2D eigenvalue weighted by Crippen LogP contribution is 2.41. The van der Waals surface area contributed by atoms with Crippen molar-refractivity contribution in [2.45, 2.75) is 64.0 Å². The van der Waals surface area contributed by atoms with Crippen LogP contribution in [-0.4, -0.2) is 41.9 Å². The highest BCUT2D eigenvalue weighted by molar-refractivity contribution is 5.80. The monoisotopic (exact) mass is 307 g/mol. The van der Waals surface area contributed by atoms with Gasteiger partial charge in [0.2, 0.25) is 11.8 Å². The molecule has 3 unspecified atom stereocenters. The van der Waals surface area contributed by atoms with Gasteiger partial charge in [-0.15, -0.1) is 0 Å². The zero-order valence-electron chi connectivity index (χ0n) is 13.6. The highest BCUT2D eigenvalue weighted by atomic mass is 16.2. The van der Waals surface area contributed by atoms with Crippen molar-refractivity contribution in [1.82, 2.24) is 10.2 Å². The maximum atomic E-state index is 12.6. The average Bonchev–Trinajstić information content (AvgIpc) is 2.94. The van der Waals surface area contributed by atoms with Crippen molar-refractivity contribution in [3.63, 3.8) is 0 Å². The normalized spacial score (nSPS) is 37.9. The maximum absolute atomic E-state index is 12.6. The number of carbonyl (C=O) groups is 2. The zero-order chi connectivity index (χ0) is 15.7. The van der Waals surface area contributed by atoms with Gasteiger partial charge in [-0.2, -0.15) is 0 Å². The lowest BCUT2D eigenvalue weighted by Crippen LogP contribution is -2.50. The molecule has 5 nitrogen and oxygen atoms in total. The van der Waals surface area contributed by atoms with Crippen LogP contribution in [0.4, 0.5) is 0 Å². The van der Waals surface area contributed by atoms with Crippen molar-refractivity contribution in [2.75, 3.05) is 13.1 Å². The number of carbonyl (C=O) groups excluding carboxylic acids is 2. The van der Waals surface area contributed by atoms with Gasteiger partial charge >= 0.3 is 0 Å². The molecule has 3 aliphatic rings. The number of likely N-dealkylation sites (tertiary alicyclic amines) is 1. The molecule has 3 fully saturated rings. The number of hydrogen-bond donors (Lipinski definition) is 2. The molecule has 0 aromatic rings. The molecular formula is C17H29N3O2. The first-order chi connectivity index (χ1) is 10.6. The van der Waals surface area contributed by atoms with Crippen LogP contribution in [0.15, 0.2) is 0 Å². The number of amides is 2. The first kappa shape index (κ1) is 15.8. The molecule has 0 aromatic carbocycles. The van der Waals surface area contributed by atoms with Crippen LogP contribution in [0.2, 0.25) is 0 Å². The summed E-state index contributed by atoms with van der Waals surface area (Å²) in [5.74, 6) is 1.58. The van der Waals surface area contributed by atoms with Crippen LogP contribution in [0.3, 0.4) is 0 Å². The Morgan fingerprint density at radius 3 is 2.50 bits per heavy atom. The van der Waals surface area contributed by atoms with Gasteiger partial charge in [-0.3, -0.25) is 9.59 Å². The number of nitrogens with two attached hydrogens (primary N) is 1. The van der Waals surface area contributed by atoms with E-state index in [1.165, 1.54) is 19.3 Å². The van der Waals surface area contributed by atoms with Crippen LogP contribution < -0.4 is 11.1 Å². The number of fused-ring (bicyclic) bond motifs is 2. The van der Waals surface area contributed by atoms with E-state index in [9.17, 15) is 9.59 Å². The number of hydrogen-bond acceptors (Lipinski definition) is 3. The van der Waals surface area contributed by atoms with E-state index in [0.29, 0.717) is 30.8 Å². The summed E-state index contributed by atoms with van der Waals surface area (Å²) in [6, 6.07) is 0.445. The van der Waals surface area contributed by atoms with Gasteiger partial charge in [-0.05, 0) is 43.9 Å². The van der Waals surface area contributed by atoms with Crippen molar-refractivity contribution >= 4 is 11.8 Å². The van der Waals surface area contributed by atoms with Crippen molar-refractivity contribution in [1.29, 1.82) is 0 Å². The van der Waals surface area contributed by atoms with Gasteiger partial charge in [-0.1, -0.05) is 13.3 Å². The zero-order valence-corrected chi connectivity index (χ0v) is 13.6. The lowest BCUT2D eigenvalue weighted by atomic mass is 9.65. The molecule has 3 rings (SSSR count). The summed E-state index contributed by atoms with van der Waals surface area (Å²) >= 11 is 0. The van der Waals surface area contributed by atoms with Crippen LogP contribution in [0, 0.1) is 17.8 Å². The van der Waals surface area contributed by atoms with Gasteiger partial charge in [0.25, 0.3) is 0 Å². The van der Waals surface area contributed by atoms with Crippen LogP contribution in [0.25, 0.3) is 0 Å². The molecular weight excluding hydrogens is 278 g/mol. The number of nitrogens with zero attached hydrogens (tertiary/aromatic N) is 1. The number of rotatable bonds is 3. The second-order valence-electron chi connectivity index (χ2n) is 7.38. The quantitative estimate of drug-likeness (QED) is 0.824. The standard InChI is InChI=1S/C17H29N3O2/c1-2-15(21)20-7-6-14(10-20)19-17(22)13-8-11-4-3-5-12(9-13)16(11)18/h11-14,16H,2-10,18H2,1H3,(H,19,22). The van der Waals surface area contributed by atoms with Crippen molar-refractivity contribution < 1.29 is 9.59 Å². The second-order valence-corrected chi connectivity index (χ2v) is 7.38. The molecule has 1 heterocycles. The fourth-order valence-electron chi connectivity index (χ4n) is 4.65. The topological polar surface area (TPSA) is 75.4 Å². The molecule has 1 aliphatic heterocycles. The Labute approximate surface area is 133 Å². The molecule has 3 N–H and O–H groups in total.